The van der Waals surface area contributed by atoms with Crippen LogP contribution in [-0.2, 0) is 19.9 Å². The molecule has 1 unspecified atom stereocenters. The molecule has 0 spiro atoms. The van der Waals surface area contributed by atoms with Gasteiger partial charge in [0.2, 0.25) is 10.0 Å². The van der Waals surface area contributed by atoms with Crippen molar-refractivity contribution in [1.29, 1.82) is 5.26 Å². The summed E-state index contributed by atoms with van der Waals surface area (Å²) in [6.07, 6.45) is 0.199. The first-order chi connectivity index (χ1) is 9.57. The van der Waals surface area contributed by atoms with E-state index in [0.717, 1.165) is 6.07 Å². The van der Waals surface area contributed by atoms with Gasteiger partial charge >= 0.3 is 0 Å². The van der Waals surface area contributed by atoms with Crippen LogP contribution in [0.1, 0.15) is 18.9 Å². The number of hydrogen-bond donors (Lipinski definition) is 1. The first kappa shape index (κ1) is 16.2. The lowest BCUT2D eigenvalue weighted by atomic mass is 10.0. The molecule has 1 fully saturated rings. The summed E-state index contributed by atoms with van der Waals surface area (Å²) in [4.78, 5) is -0.228. The minimum absolute atomic E-state index is 0.0223. The fraction of sp³-hybridized carbons (Fsp3) is 0.417. The van der Waals surface area contributed by atoms with E-state index in [2.05, 4.69) is 4.72 Å². The van der Waals surface area contributed by atoms with E-state index in [1.54, 1.807) is 0 Å². The van der Waals surface area contributed by atoms with Crippen LogP contribution < -0.4 is 4.72 Å². The smallest absolute Gasteiger partial charge is 0.229 e. The average Bonchev–Trinajstić information content (AvgIpc) is 2.62. The Morgan fingerprint density at radius 1 is 1.43 bits per heavy atom. The Hall–Kier alpha value is -1.14. The molecule has 1 aromatic carbocycles. The molecular weight excluding hydrogens is 336 g/mol. The summed E-state index contributed by atoms with van der Waals surface area (Å²) < 4.78 is 50.2. The topological polar surface area (TPSA) is 104 Å². The van der Waals surface area contributed by atoms with Crippen LogP contribution in [-0.4, -0.2) is 33.9 Å². The number of hydrogen-bond acceptors (Lipinski definition) is 5. The summed E-state index contributed by atoms with van der Waals surface area (Å²) in [5.41, 5.74) is -0.909. The normalized spacial score (nSPS) is 24.6. The van der Waals surface area contributed by atoms with E-state index in [0.29, 0.717) is 0 Å². The van der Waals surface area contributed by atoms with Gasteiger partial charge in [0.15, 0.2) is 9.84 Å². The maximum atomic E-state index is 12.4. The number of nitrogens with one attached hydrogen (secondary N) is 1. The van der Waals surface area contributed by atoms with Crippen molar-refractivity contribution in [3.05, 3.63) is 28.8 Å². The average molecular weight is 349 g/mol. The molecule has 0 aliphatic carbocycles. The number of halogens is 1. The monoisotopic (exact) mass is 348 g/mol. The molecule has 0 aromatic heterocycles. The van der Waals surface area contributed by atoms with Crippen LogP contribution in [0.4, 0.5) is 0 Å². The molecule has 1 N–H and O–H groups in total. The van der Waals surface area contributed by atoms with Crippen molar-refractivity contribution in [2.45, 2.75) is 23.8 Å². The van der Waals surface area contributed by atoms with Crippen LogP contribution >= 0.6 is 11.6 Å². The Morgan fingerprint density at radius 3 is 2.62 bits per heavy atom. The zero-order valence-corrected chi connectivity index (χ0v) is 13.5. The van der Waals surface area contributed by atoms with Crippen molar-refractivity contribution in [3.8, 4) is 6.07 Å². The predicted molar refractivity (Wildman–Crippen MR) is 78.2 cm³/mol. The van der Waals surface area contributed by atoms with Gasteiger partial charge in [0.25, 0.3) is 0 Å². The third-order valence-electron chi connectivity index (χ3n) is 3.23. The molecule has 2 rings (SSSR count). The van der Waals surface area contributed by atoms with E-state index < -0.39 is 25.4 Å². The molecule has 1 atom stereocenters. The standard InChI is InChI=1S/C12H13ClN2O4S2/c1-12(4-5-20(16,17)8-12)15-21(18,19)11-6-9(7-14)2-3-10(11)13/h2-3,6,15H,4-5,8H2,1H3. The molecule has 1 aromatic rings. The molecule has 1 aliphatic heterocycles. The summed E-state index contributed by atoms with van der Waals surface area (Å²) in [5, 5.41) is 8.81. The molecule has 114 valence electrons. The van der Waals surface area contributed by atoms with Gasteiger partial charge in [-0.1, -0.05) is 11.6 Å². The quantitative estimate of drug-likeness (QED) is 0.879. The Bertz CT molecular complexity index is 827. The molecule has 0 radical (unpaired) electrons. The van der Waals surface area contributed by atoms with Gasteiger partial charge < -0.3 is 0 Å². The van der Waals surface area contributed by atoms with Gasteiger partial charge in [-0.05, 0) is 31.5 Å². The third-order valence-corrected chi connectivity index (χ3v) is 7.26. The molecule has 1 saturated heterocycles. The Morgan fingerprint density at radius 2 is 2.10 bits per heavy atom. The second-order valence-electron chi connectivity index (χ2n) is 5.27. The molecule has 9 heteroatoms. The van der Waals surface area contributed by atoms with Gasteiger partial charge in [0.1, 0.15) is 4.90 Å². The maximum Gasteiger partial charge on any atom is 0.242 e. The van der Waals surface area contributed by atoms with Crippen molar-refractivity contribution < 1.29 is 16.8 Å². The number of benzene rings is 1. The highest BCUT2D eigenvalue weighted by Crippen LogP contribution is 2.28. The number of sulfone groups is 1. The molecule has 0 amide bonds. The minimum atomic E-state index is -4.01. The van der Waals surface area contributed by atoms with E-state index in [9.17, 15) is 16.8 Å². The Balaban J connectivity index is 2.38. The summed E-state index contributed by atoms with van der Waals surface area (Å²) in [5.74, 6) is -0.313. The third kappa shape index (κ3) is 3.55. The molecule has 0 bridgehead atoms. The summed E-state index contributed by atoms with van der Waals surface area (Å²) in [6, 6.07) is 5.73. The largest absolute Gasteiger partial charge is 0.242 e. The van der Waals surface area contributed by atoms with Crippen molar-refractivity contribution in [1.82, 2.24) is 4.72 Å². The van der Waals surface area contributed by atoms with Gasteiger partial charge in [-0.15, -0.1) is 0 Å². The van der Waals surface area contributed by atoms with Crippen molar-refractivity contribution >= 4 is 31.5 Å². The summed E-state index contributed by atoms with van der Waals surface area (Å²) >= 11 is 5.88. The Labute approximate surface area is 128 Å². The zero-order valence-electron chi connectivity index (χ0n) is 11.1. The highest BCUT2D eigenvalue weighted by Gasteiger charge is 2.41. The van der Waals surface area contributed by atoms with E-state index in [-0.39, 0.29) is 33.4 Å². The molecule has 0 saturated carbocycles. The van der Waals surface area contributed by atoms with Gasteiger partial charge in [0.05, 0.1) is 28.2 Å². The van der Waals surface area contributed by atoms with Crippen molar-refractivity contribution in [3.63, 3.8) is 0 Å². The Kier molecular flexibility index (Phi) is 4.06. The SMILES string of the molecule is CC1(NS(=O)(=O)c2cc(C#N)ccc2Cl)CCS(=O)(=O)C1. The first-order valence-electron chi connectivity index (χ1n) is 6.01. The van der Waals surface area contributed by atoms with Crippen LogP contribution in [0.15, 0.2) is 23.1 Å². The van der Waals surface area contributed by atoms with Crippen LogP contribution in [0.3, 0.4) is 0 Å². The highest BCUT2D eigenvalue weighted by molar-refractivity contribution is 7.92. The van der Waals surface area contributed by atoms with Crippen LogP contribution in [0, 0.1) is 11.3 Å². The second kappa shape index (κ2) is 5.25. The van der Waals surface area contributed by atoms with Crippen molar-refractivity contribution in [2.24, 2.45) is 0 Å². The molecule has 1 heterocycles. The van der Waals surface area contributed by atoms with Gasteiger partial charge in [-0.3, -0.25) is 0 Å². The number of nitrogens with zero attached hydrogens (tertiary/aromatic N) is 1. The number of rotatable bonds is 3. The first-order valence-corrected chi connectivity index (χ1v) is 9.69. The van der Waals surface area contributed by atoms with E-state index in [1.165, 1.54) is 19.1 Å². The van der Waals surface area contributed by atoms with E-state index in [1.807, 2.05) is 6.07 Å². The molecule has 6 nitrogen and oxygen atoms in total. The molecular formula is C12H13ClN2O4S2. The molecule has 1 aliphatic rings. The van der Waals surface area contributed by atoms with E-state index in [4.69, 9.17) is 16.9 Å². The minimum Gasteiger partial charge on any atom is -0.229 e. The lowest BCUT2D eigenvalue weighted by Gasteiger charge is -2.23. The summed E-state index contributed by atoms with van der Waals surface area (Å²) in [7, 11) is -7.26. The zero-order chi connectivity index (χ0) is 15.9. The fourth-order valence-electron chi connectivity index (χ4n) is 2.25. The second-order valence-corrected chi connectivity index (χ2v) is 9.51. The maximum absolute atomic E-state index is 12.4. The summed E-state index contributed by atoms with van der Waals surface area (Å²) in [6.45, 7) is 1.54. The molecule has 21 heavy (non-hydrogen) atoms. The number of nitriles is 1. The van der Waals surface area contributed by atoms with Gasteiger partial charge in [0, 0.05) is 5.54 Å². The van der Waals surface area contributed by atoms with Gasteiger partial charge in [-0.25, -0.2) is 21.6 Å². The van der Waals surface area contributed by atoms with Crippen LogP contribution in [0.5, 0.6) is 0 Å². The van der Waals surface area contributed by atoms with Crippen LogP contribution in [0.2, 0.25) is 5.02 Å². The fourth-order valence-corrected chi connectivity index (χ4v) is 6.40. The lowest BCUT2D eigenvalue weighted by Crippen LogP contribution is -2.46. The predicted octanol–water partition coefficient (Wildman–Crippen LogP) is 1.07. The highest BCUT2D eigenvalue weighted by atomic mass is 35.5. The van der Waals surface area contributed by atoms with Crippen LogP contribution in [0.25, 0.3) is 0 Å². The number of sulfonamides is 1. The van der Waals surface area contributed by atoms with E-state index >= 15 is 0 Å². The van der Waals surface area contributed by atoms with Crippen molar-refractivity contribution in [2.75, 3.05) is 11.5 Å². The van der Waals surface area contributed by atoms with Gasteiger partial charge in [-0.2, -0.15) is 5.26 Å². The lowest BCUT2D eigenvalue weighted by molar-refractivity contribution is 0.462.